The van der Waals surface area contributed by atoms with Gasteiger partial charge in [0.15, 0.2) is 0 Å². The fourth-order valence-electron chi connectivity index (χ4n) is 2.61. The molecule has 0 aromatic heterocycles. The molecule has 1 aliphatic carbocycles. The molecule has 116 valence electrons. The minimum absolute atomic E-state index is 0.0596. The molecule has 1 saturated carbocycles. The number of nitrogens with zero attached hydrogens (tertiary/aromatic N) is 1. The standard InChI is InChI=1S/C17H25ClN2O/c1-3-10-20(11-14-8-9-14)12-17(21)19-13(2)15-6-4-5-7-16(15)18/h4-7,13-14H,3,8-12H2,1-2H3,(H,19,21). The van der Waals surface area contributed by atoms with Gasteiger partial charge in [-0.15, -0.1) is 0 Å². The van der Waals surface area contributed by atoms with E-state index in [-0.39, 0.29) is 11.9 Å². The second-order valence-corrected chi connectivity index (χ2v) is 6.40. The number of carbonyl (C=O) groups excluding carboxylic acids is 1. The summed E-state index contributed by atoms with van der Waals surface area (Å²) in [5, 5.41) is 3.76. The van der Waals surface area contributed by atoms with E-state index in [1.165, 1.54) is 12.8 Å². The van der Waals surface area contributed by atoms with Crippen molar-refractivity contribution in [2.75, 3.05) is 19.6 Å². The van der Waals surface area contributed by atoms with Gasteiger partial charge in [0.2, 0.25) is 5.91 Å². The van der Waals surface area contributed by atoms with Crippen molar-refractivity contribution in [1.29, 1.82) is 0 Å². The van der Waals surface area contributed by atoms with Crippen molar-refractivity contribution < 1.29 is 4.79 Å². The summed E-state index contributed by atoms with van der Waals surface area (Å²) in [6, 6.07) is 7.60. The molecule has 1 N–H and O–H groups in total. The van der Waals surface area contributed by atoms with Crippen LogP contribution in [0, 0.1) is 5.92 Å². The van der Waals surface area contributed by atoms with Crippen molar-refractivity contribution >= 4 is 17.5 Å². The molecule has 0 bridgehead atoms. The fraction of sp³-hybridized carbons (Fsp3) is 0.588. The average molecular weight is 309 g/mol. The highest BCUT2D eigenvalue weighted by molar-refractivity contribution is 6.31. The molecule has 21 heavy (non-hydrogen) atoms. The van der Waals surface area contributed by atoms with Crippen molar-refractivity contribution in [1.82, 2.24) is 10.2 Å². The molecule has 1 fully saturated rings. The lowest BCUT2D eigenvalue weighted by Gasteiger charge is -2.22. The number of rotatable bonds is 8. The number of carbonyl (C=O) groups is 1. The number of halogens is 1. The monoisotopic (exact) mass is 308 g/mol. The highest BCUT2D eigenvalue weighted by Crippen LogP contribution is 2.29. The quantitative estimate of drug-likeness (QED) is 0.795. The normalized spacial score (nSPS) is 16.0. The Morgan fingerprint density at radius 1 is 1.43 bits per heavy atom. The maximum absolute atomic E-state index is 12.2. The Balaban J connectivity index is 1.86. The van der Waals surface area contributed by atoms with Crippen LogP contribution in [0.15, 0.2) is 24.3 Å². The average Bonchev–Trinajstić information content (AvgIpc) is 3.23. The molecular weight excluding hydrogens is 284 g/mol. The maximum atomic E-state index is 12.2. The van der Waals surface area contributed by atoms with E-state index in [4.69, 9.17) is 11.6 Å². The van der Waals surface area contributed by atoms with Gasteiger partial charge >= 0.3 is 0 Å². The lowest BCUT2D eigenvalue weighted by molar-refractivity contribution is -0.123. The third-order valence-corrected chi connectivity index (χ3v) is 4.21. The zero-order valence-electron chi connectivity index (χ0n) is 12.9. The van der Waals surface area contributed by atoms with Crippen molar-refractivity contribution in [2.24, 2.45) is 5.92 Å². The molecular formula is C17H25ClN2O. The Morgan fingerprint density at radius 3 is 2.76 bits per heavy atom. The van der Waals surface area contributed by atoms with Gasteiger partial charge in [0.05, 0.1) is 12.6 Å². The highest BCUT2D eigenvalue weighted by Gasteiger charge is 2.25. The Hall–Kier alpha value is -1.06. The molecule has 4 heteroatoms. The first-order chi connectivity index (χ1) is 10.1. The van der Waals surface area contributed by atoms with Gasteiger partial charge in [-0.25, -0.2) is 0 Å². The number of benzene rings is 1. The summed E-state index contributed by atoms with van der Waals surface area (Å²) in [6.07, 6.45) is 3.72. The molecule has 1 aromatic rings. The van der Waals surface area contributed by atoms with Gasteiger partial charge in [-0.2, -0.15) is 0 Å². The Kier molecular flexibility index (Phi) is 6.07. The number of hydrogen-bond donors (Lipinski definition) is 1. The highest BCUT2D eigenvalue weighted by atomic mass is 35.5. The van der Waals surface area contributed by atoms with E-state index in [9.17, 15) is 4.79 Å². The summed E-state index contributed by atoms with van der Waals surface area (Å²) in [4.78, 5) is 14.5. The van der Waals surface area contributed by atoms with Crippen LogP contribution >= 0.6 is 11.6 Å². The summed E-state index contributed by atoms with van der Waals surface area (Å²) >= 11 is 6.17. The van der Waals surface area contributed by atoms with Crippen LogP contribution in [0.25, 0.3) is 0 Å². The molecule has 2 rings (SSSR count). The predicted octanol–water partition coefficient (Wildman–Crippen LogP) is 3.64. The summed E-state index contributed by atoms with van der Waals surface area (Å²) in [7, 11) is 0. The predicted molar refractivity (Wildman–Crippen MR) is 87.5 cm³/mol. The van der Waals surface area contributed by atoms with Gasteiger partial charge < -0.3 is 5.32 Å². The molecule has 0 aliphatic heterocycles. The lowest BCUT2D eigenvalue weighted by Crippen LogP contribution is -2.39. The first kappa shape index (κ1) is 16.3. The van der Waals surface area contributed by atoms with Gasteiger partial charge in [-0.05, 0) is 50.3 Å². The SMILES string of the molecule is CCCN(CC(=O)NC(C)c1ccccc1Cl)CC1CC1. The minimum atomic E-state index is -0.0596. The van der Waals surface area contributed by atoms with E-state index < -0.39 is 0 Å². The van der Waals surface area contributed by atoms with E-state index in [0.717, 1.165) is 31.0 Å². The smallest absolute Gasteiger partial charge is 0.234 e. The Bertz CT molecular complexity index is 474. The first-order valence-electron chi connectivity index (χ1n) is 7.86. The minimum Gasteiger partial charge on any atom is -0.348 e. The van der Waals surface area contributed by atoms with Gasteiger partial charge in [0.1, 0.15) is 0 Å². The van der Waals surface area contributed by atoms with Crippen LogP contribution in [0.2, 0.25) is 5.02 Å². The molecule has 0 spiro atoms. The summed E-state index contributed by atoms with van der Waals surface area (Å²) in [5.74, 6) is 0.891. The molecule has 1 unspecified atom stereocenters. The molecule has 3 nitrogen and oxygen atoms in total. The number of hydrogen-bond acceptors (Lipinski definition) is 2. The summed E-state index contributed by atoms with van der Waals surface area (Å²) in [5.41, 5.74) is 0.969. The molecule has 0 radical (unpaired) electrons. The van der Waals surface area contributed by atoms with Crippen molar-refractivity contribution in [2.45, 2.75) is 39.2 Å². The largest absolute Gasteiger partial charge is 0.348 e. The third-order valence-electron chi connectivity index (χ3n) is 3.87. The molecule has 0 saturated heterocycles. The van der Waals surface area contributed by atoms with Gasteiger partial charge in [-0.3, -0.25) is 9.69 Å². The first-order valence-corrected chi connectivity index (χ1v) is 8.24. The summed E-state index contributed by atoms with van der Waals surface area (Å²) < 4.78 is 0. The third kappa shape index (κ3) is 5.33. The zero-order valence-corrected chi connectivity index (χ0v) is 13.7. The summed E-state index contributed by atoms with van der Waals surface area (Å²) in [6.45, 7) is 6.67. The maximum Gasteiger partial charge on any atom is 0.234 e. The van der Waals surface area contributed by atoms with Crippen molar-refractivity contribution in [3.05, 3.63) is 34.9 Å². The van der Waals surface area contributed by atoms with E-state index in [2.05, 4.69) is 17.1 Å². The van der Waals surface area contributed by atoms with Crippen LogP contribution in [-0.4, -0.2) is 30.4 Å². The topological polar surface area (TPSA) is 32.3 Å². The second kappa shape index (κ2) is 7.81. The van der Waals surface area contributed by atoms with Gasteiger partial charge in [0, 0.05) is 11.6 Å². The number of nitrogens with one attached hydrogen (secondary N) is 1. The van der Waals surface area contributed by atoms with Gasteiger partial charge in [0.25, 0.3) is 0 Å². The van der Waals surface area contributed by atoms with E-state index in [1.807, 2.05) is 31.2 Å². The van der Waals surface area contributed by atoms with E-state index in [1.54, 1.807) is 0 Å². The van der Waals surface area contributed by atoms with Crippen molar-refractivity contribution in [3.8, 4) is 0 Å². The van der Waals surface area contributed by atoms with Crippen LogP contribution in [0.5, 0.6) is 0 Å². The zero-order chi connectivity index (χ0) is 15.2. The van der Waals surface area contributed by atoms with Gasteiger partial charge in [-0.1, -0.05) is 36.7 Å². The van der Waals surface area contributed by atoms with Crippen LogP contribution in [0.3, 0.4) is 0 Å². The van der Waals surface area contributed by atoms with Crippen LogP contribution in [0.4, 0.5) is 0 Å². The number of amides is 1. The Morgan fingerprint density at radius 2 is 2.14 bits per heavy atom. The molecule has 0 heterocycles. The van der Waals surface area contributed by atoms with Crippen LogP contribution in [-0.2, 0) is 4.79 Å². The second-order valence-electron chi connectivity index (χ2n) is 5.99. The fourth-order valence-corrected chi connectivity index (χ4v) is 2.91. The van der Waals surface area contributed by atoms with E-state index >= 15 is 0 Å². The van der Waals surface area contributed by atoms with Crippen LogP contribution < -0.4 is 5.32 Å². The van der Waals surface area contributed by atoms with Crippen molar-refractivity contribution in [3.63, 3.8) is 0 Å². The molecule has 1 amide bonds. The van der Waals surface area contributed by atoms with Crippen LogP contribution in [0.1, 0.15) is 44.7 Å². The van der Waals surface area contributed by atoms with E-state index in [0.29, 0.717) is 11.6 Å². The lowest BCUT2D eigenvalue weighted by atomic mass is 10.1. The Labute approximate surface area is 132 Å². The molecule has 1 aromatic carbocycles. The molecule has 1 aliphatic rings. The molecule has 1 atom stereocenters.